The zero-order chi connectivity index (χ0) is 37.9. The lowest BCUT2D eigenvalue weighted by atomic mass is 9.99. The van der Waals surface area contributed by atoms with E-state index in [0.29, 0.717) is 0 Å². The first kappa shape index (κ1) is 34.9. The Balaban J connectivity index is 1.34. The van der Waals surface area contributed by atoms with Crippen molar-refractivity contribution in [1.82, 2.24) is 0 Å². The predicted molar refractivity (Wildman–Crippen MR) is 244 cm³/mol. The minimum atomic E-state index is -1.48. The zero-order valence-electron chi connectivity index (χ0n) is 32.5. The maximum atomic E-state index is 7.05. The average molecular weight is 747 g/mol. The number of nitrogens with zero attached hydrogens (tertiary/aromatic N) is 2. The molecule has 8 aromatic carbocycles. The van der Waals surface area contributed by atoms with Crippen LogP contribution in [0.15, 0.2) is 174 Å². The summed E-state index contributed by atoms with van der Waals surface area (Å²) in [6.07, 6.45) is 0. The lowest BCUT2D eigenvalue weighted by Gasteiger charge is -2.28. The van der Waals surface area contributed by atoms with Crippen molar-refractivity contribution in [3.05, 3.63) is 170 Å². The maximum absolute atomic E-state index is 7.05. The lowest BCUT2D eigenvalue weighted by molar-refractivity contribution is 0.676. The monoisotopic (exact) mass is 746 g/mol. The summed E-state index contributed by atoms with van der Waals surface area (Å²) < 4.78 is 7.05. The van der Waals surface area contributed by atoms with Crippen LogP contribution in [0.5, 0.6) is 0 Å². The van der Waals surface area contributed by atoms with Crippen LogP contribution in [-0.4, -0.2) is 16.1 Å². The maximum Gasteiger partial charge on any atom is 0.143 e. The van der Waals surface area contributed by atoms with Gasteiger partial charge in [-0.3, -0.25) is 0 Å². The van der Waals surface area contributed by atoms with Crippen molar-refractivity contribution in [1.29, 1.82) is 0 Å². The van der Waals surface area contributed by atoms with E-state index in [1.54, 1.807) is 0 Å². The van der Waals surface area contributed by atoms with Gasteiger partial charge in [-0.05, 0) is 60.7 Å². The summed E-state index contributed by atoms with van der Waals surface area (Å²) in [5, 5.41) is 9.56. The van der Waals surface area contributed by atoms with E-state index in [-0.39, 0.29) is 0 Å². The minimum absolute atomic E-state index is 0.907. The molecule has 0 saturated heterocycles. The van der Waals surface area contributed by atoms with Crippen LogP contribution in [0.3, 0.4) is 0 Å². The smallest absolute Gasteiger partial charge is 0.143 e. The van der Waals surface area contributed by atoms with Crippen molar-refractivity contribution in [3.63, 3.8) is 0 Å². The van der Waals surface area contributed by atoms with Crippen molar-refractivity contribution in [2.24, 2.45) is 0 Å². The molecule has 1 heterocycles. The summed E-state index contributed by atoms with van der Waals surface area (Å²) in [7, 11) is -2.96. The third-order valence-electron chi connectivity index (χ3n) is 10.9. The van der Waals surface area contributed by atoms with Gasteiger partial charge >= 0.3 is 0 Å². The number of fused-ring (bicyclic) bond motifs is 7. The van der Waals surface area contributed by atoms with Gasteiger partial charge in [-0.2, -0.15) is 0 Å². The van der Waals surface area contributed by atoms with E-state index in [1.807, 2.05) is 0 Å². The Kier molecular flexibility index (Phi) is 8.52. The molecule has 0 N–H and O–H groups in total. The number of para-hydroxylation sites is 2. The zero-order valence-corrected chi connectivity index (χ0v) is 34.5. The first-order valence-electron chi connectivity index (χ1n) is 19.3. The third-order valence-corrected chi connectivity index (χ3v) is 15.1. The SMILES string of the molecule is C[Si](C)(C)c1ccc(N(c2ccccc2)c2cc3c4cc(N(c5ccccc5)c5ccc([Si](C)(C)C)cc5)c5ccccc5c4oc3c3ccccc23)cc1. The molecule has 0 aliphatic rings. The van der Waals surface area contributed by atoms with Crippen molar-refractivity contribution in [2.75, 3.05) is 9.80 Å². The van der Waals surface area contributed by atoms with E-state index < -0.39 is 16.1 Å². The first-order valence-corrected chi connectivity index (χ1v) is 26.3. The van der Waals surface area contributed by atoms with Crippen molar-refractivity contribution >= 4 is 104 Å². The van der Waals surface area contributed by atoms with Crippen LogP contribution < -0.4 is 20.2 Å². The van der Waals surface area contributed by atoms with E-state index in [1.165, 1.54) is 10.4 Å². The largest absolute Gasteiger partial charge is 0.455 e. The van der Waals surface area contributed by atoms with Gasteiger partial charge in [0.2, 0.25) is 0 Å². The molecule has 55 heavy (non-hydrogen) atoms. The van der Waals surface area contributed by atoms with Crippen molar-refractivity contribution in [2.45, 2.75) is 39.3 Å². The quantitative estimate of drug-likeness (QED) is 0.144. The molecule has 0 saturated carbocycles. The van der Waals surface area contributed by atoms with Crippen molar-refractivity contribution < 1.29 is 4.42 Å². The Morgan fingerprint density at radius 2 is 0.636 bits per heavy atom. The molecule has 0 radical (unpaired) electrons. The van der Waals surface area contributed by atoms with Crippen LogP contribution in [0.1, 0.15) is 0 Å². The van der Waals surface area contributed by atoms with Gasteiger partial charge in [0, 0.05) is 55.1 Å². The molecule has 5 heteroatoms. The van der Waals surface area contributed by atoms with E-state index in [4.69, 9.17) is 4.42 Å². The number of hydrogen-bond donors (Lipinski definition) is 0. The van der Waals surface area contributed by atoms with Crippen LogP contribution in [0.25, 0.3) is 43.5 Å². The normalized spacial score (nSPS) is 12.2. The second-order valence-corrected chi connectivity index (χ2v) is 26.8. The van der Waals surface area contributed by atoms with Crippen LogP contribution in [0.4, 0.5) is 34.1 Å². The fraction of sp³-hybridized carbons (Fsp3) is 0.120. The van der Waals surface area contributed by atoms with Gasteiger partial charge in [-0.25, -0.2) is 0 Å². The Hall–Kier alpha value is -5.89. The highest BCUT2D eigenvalue weighted by Crippen LogP contribution is 2.48. The molecule has 0 bridgehead atoms. The van der Waals surface area contributed by atoms with Crippen LogP contribution in [-0.2, 0) is 0 Å². The molecule has 0 aliphatic carbocycles. The molecule has 0 spiro atoms. The Morgan fingerprint density at radius 1 is 0.327 bits per heavy atom. The topological polar surface area (TPSA) is 19.6 Å². The highest BCUT2D eigenvalue weighted by atomic mass is 28.3. The van der Waals surface area contributed by atoms with Crippen LogP contribution in [0, 0.1) is 0 Å². The molecule has 1 aromatic heterocycles. The fourth-order valence-electron chi connectivity index (χ4n) is 7.98. The molecule has 0 aliphatic heterocycles. The lowest BCUT2D eigenvalue weighted by Crippen LogP contribution is -2.37. The summed E-state index contributed by atoms with van der Waals surface area (Å²) >= 11 is 0. The van der Waals surface area contributed by atoms with Crippen molar-refractivity contribution in [3.8, 4) is 0 Å². The van der Waals surface area contributed by atoms with Gasteiger partial charge in [0.05, 0.1) is 27.5 Å². The van der Waals surface area contributed by atoms with Gasteiger partial charge in [0.25, 0.3) is 0 Å². The predicted octanol–water partition coefficient (Wildman–Crippen LogP) is 13.9. The molecular weight excluding hydrogens is 701 g/mol. The highest BCUT2D eigenvalue weighted by Gasteiger charge is 2.25. The molecule has 0 fully saturated rings. The van der Waals surface area contributed by atoms with E-state index in [2.05, 4.69) is 219 Å². The molecule has 0 unspecified atom stereocenters. The number of hydrogen-bond acceptors (Lipinski definition) is 3. The Labute approximate surface area is 326 Å². The standard InChI is InChI=1S/C50H46N2OSi2/c1-54(2,3)39-29-25-37(26-30-39)51(35-17-9-7-10-18-35)47-33-45-46-34-48(52(36-19-11-8-12-20-36)38-27-31-40(32-28-38)55(4,5)6)42-22-14-16-24-44(42)50(46)53-49(45)43-23-15-13-21-41(43)47/h7-34H,1-6H3. The molecule has 9 aromatic rings. The summed E-state index contributed by atoms with van der Waals surface area (Å²) in [6.45, 7) is 14.4. The van der Waals surface area contributed by atoms with Gasteiger partial charge in [0.1, 0.15) is 11.2 Å². The molecule has 270 valence electrons. The number of anilines is 6. The summed E-state index contributed by atoms with van der Waals surface area (Å²) in [5.41, 5.74) is 8.55. The first-order chi connectivity index (χ1) is 26.6. The van der Waals surface area contributed by atoms with Gasteiger partial charge < -0.3 is 14.2 Å². The van der Waals surface area contributed by atoms with Gasteiger partial charge in [-0.1, -0.05) is 159 Å². The number of benzene rings is 8. The number of rotatable bonds is 8. The van der Waals surface area contributed by atoms with Gasteiger partial charge in [-0.15, -0.1) is 0 Å². The molecule has 9 rings (SSSR count). The van der Waals surface area contributed by atoms with E-state index in [9.17, 15) is 0 Å². The number of furan rings is 1. The summed E-state index contributed by atoms with van der Waals surface area (Å²) in [6, 6.07) is 62.1. The Bertz CT molecular complexity index is 2620. The third kappa shape index (κ3) is 6.23. The van der Waals surface area contributed by atoms with Crippen LogP contribution in [0.2, 0.25) is 39.3 Å². The van der Waals surface area contributed by atoms with E-state index in [0.717, 1.165) is 77.6 Å². The van der Waals surface area contributed by atoms with Gasteiger partial charge in [0.15, 0.2) is 0 Å². The van der Waals surface area contributed by atoms with Crippen LogP contribution >= 0.6 is 0 Å². The fourth-order valence-corrected chi connectivity index (χ4v) is 10.3. The molecule has 0 amide bonds. The van der Waals surface area contributed by atoms with E-state index >= 15 is 0 Å². The molecule has 0 atom stereocenters. The highest BCUT2D eigenvalue weighted by molar-refractivity contribution is 6.89. The second-order valence-electron chi connectivity index (χ2n) is 16.7. The summed E-state index contributed by atoms with van der Waals surface area (Å²) in [5.74, 6) is 0. The molecule has 3 nitrogen and oxygen atoms in total. The molecular formula is C50H46N2OSi2. The second kappa shape index (κ2) is 13.4. The summed E-state index contributed by atoms with van der Waals surface area (Å²) in [4.78, 5) is 4.82. The average Bonchev–Trinajstić information content (AvgIpc) is 3.58. The minimum Gasteiger partial charge on any atom is -0.455 e. The Morgan fingerprint density at radius 3 is 0.982 bits per heavy atom.